The van der Waals surface area contributed by atoms with Gasteiger partial charge in [0.2, 0.25) is 0 Å². The van der Waals surface area contributed by atoms with E-state index in [1.807, 2.05) is 6.92 Å². The normalized spacial score (nSPS) is 19.0. The Morgan fingerprint density at radius 2 is 2.25 bits per heavy atom. The summed E-state index contributed by atoms with van der Waals surface area (Å²) < 4.78 is 20.2. The van der Waals surface area contributed by atoms with Crippen LogP contribution in [0.2, 0.25) is 0 Å². The first-order valence-corrected chi connectivity index (χ1v) is 5.32. The van der Waals surface area contributed by atoms with Crippen molar-refractivity contribution in [2.24, 2.45) is 0 Å². The van der Waals surface area contributed by atoms with Crippen molar-refractivity contribution in [3.05, 3.63) is 12.3 Å². The number of hydrogen-bond donors (Lipinski definition) is 1. The molecule has 0 aromatic heterocycles. The van der Waals surface area contributed by atoms with E-state index in [0.717, 1.165) is 6.26 Å². The molecule has 12 heavy (non-hydrogen) atoms. The van der Waals surface area contributed by atoms with Crippen molar-refractivity contribution >= 4 is 7.82 Å². The monoisotopic (exact) mass is 194 g/mol. The van der Waals surface area contributed by atoms with Crippen LogP contribution in [-0.4, -0.2) is 11.0 Å². The standard InChI is InChI=1S/C7H15O4P/c1-4-6-10-12(8,9)11-7(3)5-2/h4,6-7H,5H2,1-3H3,(H,8,9). The van der Waals surface area contributed by atoms with Gasteiger partial charge in [-0.15, -0.1) is 0 Å². The lowest BCUT2D eigenvalue weighted by Gasteiger charge is -2.14. The fraction of sp³-hybridized carbons (Fsp3) is 0.714. The molecule has 0 heterocycles. The molecule has 0 radical (unpaired) electrons. The molecular weight excluding hydrogens is 179 g/mol. The highest BCUT2D eigenvalue weighted by Crippen LogP contribution is 2.45. The molecule has 1 N–H and O–H groups in total. The van der Waals surface area contributed by atoms with Crippen molar-refractivity contribution in [1.29, 1.82) is 0 Å². The fourth-order valence-electron chi connectivity index (χ4n) is 0.465. The number of hydrogen-bond acceptors (Lipinski definition) is 3. The molecule has 0 saturated heterocycles. The fourth-order valence-corrected chi connectivity index (χ4v) is 1.39. The Labute approximate surface area is 72.8 Å². The second kappa shape index (κ2) is 5.36. The molecular formula is C7H15O4P. The van der Waals surface area contributed by atoms with Crippen molar-refractivity contribution in [2.75, 3.05) is 0 Å². The van der Waals surface area contributed by atoms with Crippen LogP contribution in [0.3, 0.4) is 0 Å². The minimum atomic E-state index is -3.87. The third-order valence-corrected chi connectivity index (χ3v) is 2.23. The highest BCUT2D eigenvalue weighted by molar-refractivity contribution is 7.47. The van der Waals surface area contributed by atoms with Crippen molar-refractivity contribution in [2.45, 2.75) is 33.3 Å². The first-order valence-electron chi connectivity index (χ1n) is 3.82. The SMILES string of the molecule is CC=COP(=O)(O)OC(C)CC. The molecule has 0 aromatic carbocycles. The molecule has 0 fully saturated rings. The highest BCUT2D eigenvalue weighted by Gasteiger charge is 2.23. The number of allylic oxidation sites excluding steroid dienone is 1. The molecule has 4 nitrogen and oxygen atoms in total. The summed E-state index contributed by atoms with van der Waals surface area (Å²) >= 11 is 0. The molecule has 2 atom stereocenters. The molecule has 5 heteroatoms. The largest absolute Gasteiger partial charge is 0.527 e. The molecule has 0 aliphatic carbocycles. The lowest BCUT2D eigenvalue weighted by Crippen LogP contribution is -2.04. The van der Waals surface area contributed by atoms with E-state index in [4.69, 9.17) is 9.42 Å². The third-order valence-electron chi connectivity index (χ3n) is 1.22. The zero-order valence-electron chi connectivity index (χ0n) is 7.56. The Hall–Kier alpha value is -0.310. The van der Waals surface area contributed by atoms with Gasteiger partial charge in [-0.1, -0.05) is 13.0 Å². The maximum atomic E-state index is 11.0. The number of phosphoric acid groups is 1. The van der Waals surface area contributed by atoms with Crippen LogP contribution in [0.25, 0.3) is 0 Å². The Kier molecular flexibility index (Phi) is 5.22. The van der Waals surface area contributed by atoms with Crippen LogP contribution in [0.15, 0.2) is 12.3 Å². The van der Waals surface area contributed by atoms with Crippen LogP contribution in [0.1, 0.15) is 27.2 Å². The molecule has 2 unspecified atom stereocenters. The van der Waals surface area contributed by atoms with Gasteiger partial charge in [0.15, 0.2) is 0 Å². The first-order chi connectivity index (χ1) is 5.52. The second-order valence-electron chi connectivity index (χ2n) is 2.37. The molecule has 0 aliphatic heterocycles. The van der Waals surface area contributed by atoms with E-state index in [2.05, 4.69) is 4.52 Å². The van der Waals surface area contributed by atoms with Gasteiger partial charge in [0.05, 0.1) is 12.4 Å². The van der Waals surface area contributed by atoms with Crippen LogP contribution in [0.5, 0.6) is 0 Å². The van der Waals surface area contributed by atoms with Gasteiger partial charge in [-0.3, -0.25) is 9.42 Å². The zero-order chi connectivity index (χ0) is 9.61. The molecule has 72 valence electrons. The average molecular weight is 194 g/mol. The molecule has 0 aromatic rings. The zero-order valence-corrected chi connectivity index (χ0v) is 8.45. The number of rotatable bonds is 5. The van der Waals surface area contributed by atoms with E-state index < -0.39 is 7.82 Å². The number of phosphoric ester groups is 1. The van der Waals surface area contributed by atoms with E-state index in [0.29, 0.717) is 6.42 Å². The molecule has 0 amide bonds. The third kappa shape index (κ3) is 5.35. The smallest absolute Gasteiger partial charge is 0.412 e. The summed E-state index contributed by atoms with van der Waals surface area (Å²) in [5.74, 6) is 0. The van der Waals surface area contributed by atoms with Gasteiger partial charge < -0.3 is 4.52 Å². The van der Waals surface area contributed by atoms with Gasteiger partial charge in [0.25, 0.3) is 0 Å². The van der Waals surface area contributed by atoms with Gasteiger partial charge in [-0.25, -0.2) is 4.57 Å². The molecule has 0 saturated carbocycles. The highest BCUT2D eigenvalue weighted by atomic mass is 31.2. The van der Waals surface area contributed by atoms with E-state index in [1.165, 1.54) is 6.08 Å². The Morgan fingerprint density at radius 1 is 1.67 bits per heavy atom. The van der Waals surface area contributed by atoms with Crippen LogP contribution in [0.4, 0.5) is 0 Å². The van der Waals surface area contributed by atoms with Crippen molar-refractivity contribution in [3.8, 4) is 0 Å². The lowest BCUT2D eigenvalue weighted by atomic mass is 10.3. The quantitative estimate of drug-likeness (QED) is 0.539. The van der Waals surface area contributed by atoms with Crippen molar-refractivity contribution in [1.82, 2.24) is 0 Å². The van der Waals surface area contributed by atoms with Crippen molar-refractivity contribution < 1.29 is 18.5 Å². The average Bonchev–Trinajstić information content (AvgIpc) is 2.00. The molecule has 0 rings (SSSR count). The van der Waals surface area contributed by atoms with Crippen molar-refractivity contribution in [3.63, 3.8) is 0 Å². The Bertz CT molecular complexity index is 190. The second-order valence-corrected chi connectivity index (χ2v) is 3.73. The first kappa shape index (κ1) is 11.7. The van der Waals surface area contributed by atoms with Gasteiger partial charge in [-0.05, 0) is 20.3 Å². The Balaban J connectivity index is 3.95. The summed E-state index contributed by atoms with van der Waals surface area (Å²) in [7, 11) is -3.87. The van der Waals surface area contributed by atoms with E-state index >= 15 is 0 Å². The van der Waals surface area contributed by atoms with E-state index in [1.54, 1.807) is 13.8 Å². The lowest BCUT2D eigenvalue weighted by molar-refractivity contribution is 0.136. The maximum absolute atomic E-state index is 11.0. The summed E-state index contributed by atoms with van der Waals surface area (Å²) in [6, 6.07) is 0. The van der Waals surface area contributed by atoms with E-state index in [-0.39, 0.29) is 6.10 Å². The van der Waals surface area contributed by atoms with E-state index in [9.17, 15) is 4.57 Å². The van der Waals surface area contributed by atoms with Crippen LogP contribution < -0.4 is 0 Å². The van der Waals surface area contributed by atoms with Crippen LogP contribution in [0, 0.1) is 0 Å². The summed E-state index contributed by atoms with van der Waals surface area (Å²) in [6.45, 7) is 5.26. The summed E-state index contributed by atoms with van der Waals surface area (Å²) in [5, 5.41) is 0. The summed E-state index contributed by atoms with van der Waals surface area (Å²) in [6.07, 6.45) is 3.06. The summed E-state index contributed by atoms with van der Waals surface area (Å²) in [5.41, 5.74) is 0. The van der Waals surface area contributed by atoms with Gasteiger partial charge in [0, 0.05) is 0 Å². The molecule has 0 bridgehead atoms. The predicted molar refractivity (Wildman–Crippen MR) is 46.6 cm³/mol. The molecule has 0 spiro atoms. The topological polar surface area (TPSA) is 55.8 Å². The van der Waals surface area contributed by atoms with Gasteiger partial charge >= 0.3 is 7.82 Å². The predicted octanol–water partition coefficient (Wildman–Crippen LogP) is 2.45. The van der Waals surface area contributed by atoms with Gasteiger partial charge in [-0.2, -0.15) is 0 Å². The minimum absolute atomic E-state index is 0.272. The van der Waals surface area contributed by atoms with Crippen LogP contribution in [-0.2, 0) is 13.6 Å². The molecule has 0 aliphatic rings. The van der Waals surface area contributed by atoms with Gasteiger partial charge in [0.1, 0.15) is 0 Å². The Morgan fingerprint density at radius 3 is 2.67 bits per heavy atom. The maximum Gasteiger partial charge on any atom is 0.527 e. The summed E-state index contributed by atoms with van der Waals surface area (Å²) in [4.78, 5) is 9.01. The van der Waals surface area contributed by atoms with Crippen LogP contribution >= 0.6 is 7.82 Å². The minimum Gasteiger partial charge on any atom is -0.412 e.